The molecule has 0 radical (unpaired) electrons. The average molecular weight is 245 g/mol. The zero-order chi connectivity index (χ0) is 11.8. The predicted octanol–water partition coefficient (Wildman–Crippen LogP) is 2.66. The van der Waals surface area contributed by atoms with Gasteiger partial charge in [-0.15, -0.1) is 0 Å². The molecule has 5 heteroatoms. The number of hydrogen-bond acceptors (Lipinski definition) is 3. The number of hydrogen-bond donors (Lipinski definition) is 1. The Hall–Kier alpha value is -2.07. The average Bonchev–Trinajstić information content (AvgIpc) is 2.66. The van der Waals surface area contributed by atoms with Crippen molar-refractivity contribution in [3.05, 3.63) is 47.6 Å². The Morgan fingerprint density at radius 1 is 1.12 bits per heavy atom. The fourth-order valence-corrected chi connectivity index (χ4v) is 1.90. The van der Waals surface area contributed by atoms with Gasteiger partial charge in [0.2, 0.25) is 5.95 Å². The molecule has 0 fully saturated rings. The van der Waals surface area contributed by atoms with E-state index in [9.17, 15) is 0 Å². The Labute approximate surface area is 103 Å². The standard InChI is InChI=1S/C12H9ClN4/c13-8-3-5-9(6-4-8)17-11-10(16-12(17)14)2-1-7-15-11/h1-7H,(H2,14,16). The Kier molecular flexibility index (Phi) is 2.23. The summed E-state index contributed by atoms with van der Waals surface area (Å²) < 4.78 is 1.80. The summed E-state index contributed by atoms with van der Waals surface area (Å²) in [6.45, 7) is 0. The summed E-state index contributed by atoms with van der Waals surface area (Å²) >= 11 is 5.86. The normalized spacial score (nSPS) is 10.9. The lowest BCUT2D eigenvalue weighted by atomic mass is 10.3. The topological polar surface area (TPSA) is 56.7 Å². The molecule has 4 nitrogen and oxygen atoms in total. The quantitative estimate of drug-likeness (QED) is 0.716. The number of benzene rings is 1. The highest BCUT2D eigenvalue weighted by molar-refractivity contribution is 6.30. The number of halogens is 1. The Balaban J connectivity index is 2.29. The van der Waals surface area contributed by atoms with Crippen molar-refractivity contribution in [3.8, 4) is 5.69 Å². The number of imidazole rings is 1. The van der Waals surface area contributed by atoms with Gasteiger partial charge >= 0.3 is 0 Å². The molecular formula is C12H9ClN4. The first-order chi connectivity index (χ1) is 8.25. The van der Waals surface area contributed by atoms with Gasteiger partial charge in [-0.25, -0.2) is 9.97 Å². The highest BCUT2D eigenvalue weighted by atomic mass is 35.5. The molecule has 0 aliphatic carbocycles. The highest BCUT2D eigenvalue weighted by Crippen LogP contribution is 2.22. The van der Waals surface area contributed by atoms with Crippen molar-refractivity contribution in [2.75, 3.05) is 5.73 Å². The summed E-state index contributed by atoms with van der Waals surface area (Å²) in [5, 5.41) is 0.685. The van der Waals surface area contributed by atoms with Gasteiger partial charge in [-0.2, -0.15) is 0 Å². The van der Waals surface area contributed by atoms with Gasteiger partial charge in [0, 0.05) is 11.2 Å². The van der Waals surface area contributed by atoms with E-state index in [2.05, 4.69) is 9.97 Å². The SMILES string of the molecule is Nc1nc2cccnc2n1-c1ccc(Cl)cc1. The van der Waals surface area contributed by atoms with Gasteiger partial charge < -0.3 is 5.73 Å². The number of pyridine rings is 1. The number of aromatic nitrogens is 3. The molecule has 0 saturated carbocycles. The minimum Gasteiger partial charge on any atom is -0.369 e. The number of anilines is 1. The lowest BCUT2D eigenvalue weighted by molar-refractivity contribution is 1.08. The molecule has 2 aromatic heterocycles. The van der Waals surface area contributed by atoms with Crippen LogP contribution >= 0.6 is 11.6 Å². The molecule has 0 unspecified atom stereocenters. The maximum atomic E-state index is 5.90. The summed E-state index contributed by atoms with van der Waals surface area (Å²) in [6, 6.07) is 11.1. The first-order valence-electron chi connectivity index (χ1n) is 5.10. The van der Waals surface area contributed by atoms with Crippen LogP contribution in [-0.2, 0) is 0 Å². The van der Waals surface area contributed by atoms with E-state index >= 15 is 0 Å². The lowest BCUT2D eigenvalue weighted by Gasteiger charge is -2.05. The molecule has 0 aliphatic rings. The minimum absolute atomic E-state index is 0.418. The van der Waals surface area contributed by atoms with Crippen molar-refractivity contribution >= 4 is 28.7 Å². The summed E-state index contributed by atoms with van der Waals surface area (Å²) in [7, 11) is 0. The van der Waals surface area contributed by atoms with Crippen LogP contribution in [0.2, 0.25) is 5.02 Å². The van der Waals surface area contributed by atoms with Crippen molar-refractivity contribution in [1.82, 2.24) is 14.5 Å². The summed E-state index contributed by atoms with van der Waals surface area (Å²) in [4.78, 5) is 8.55. The maximum absolute atomic E-state index is 5.90. The molecule has 3 rings (SSSR count). The first-order valence-corrected chi connectivity index (χ1v) is 5.48. The van der Waals surface area contributed by atoms with Crippen LogP contribution in [0.15, 0.2) is 42.6 Å². The molecule has 2 heterocycles. The van der Waals surface area contributed by atoms with Crippen LogP contribution < -0.4 is 5.73 Å². The van der Waals surface area contributed by atoms with E-state index in [0.717, 1.165) is 16.9 Å². The summed E-state index contributed by atoms with van der Waals surface area (Å²) in [5.74, 6) is 0.418. The van der Waals surface area contributed by atoms with Crippen molar-refractivity contribution < 1.29 is 0 Å². The van der Waals surface area contributed by atoms with Crippen molar-refractivity contribution in [2.45, 2.75) is 0 Å². The van der Waals surface area contributed by atoms with Crippen LogP contribution in [0.3, 0.4) is 0 Å². The second-order valence-electron chi connectivity index (χ2n) is 3.63. The third kappa shape index (κ3) is 1.62. The van der Waals surface area contributed by atoms with Crippen LogP contribution in [0, 0.1) is 0 Å². The molecule has 0 saturated heterocycles. The van der Waals surface area contributed by atoms with Crippen molar-refractivity contribution in [3.63, 3.8) is 0 Å². The fraction of sp³-hybridized carbons (Fsp3) is 0. The smallest absolute Gasteiger partial charge is 0.207 e. The van der Waals surface area contributed by atoms with Crippen molar-refractivity contribution in [2.24, 2.45) is 0 Å². The molecule has 1 aromatic carbocycles. The van der Waals surface area contributed by atoms with Crippen LogP contribution in [0.1, 0.15) is 0 Å². The zero-order valence-corrected chi connectivity index (χ0v) is 9.59. The van der Waals surface area contributed by atoms with Gasteiger partial charge in [0.05, 0.1) is 5.69 Å². The zero-order valence-electron chi connectivity index (χ0n) is 8.84. The van der Waals surface area contributed by atoms with E-state index in [0.29, 0.717) is 11.0 Å². The summed E-state index contributed by atoms with van der Waals surface area (Å²) in [5.41, 5.74) is 8.32. The Morgan fingerprint density at radius 3 is 2.65 bits per heavy atom. The van der Waals surface area contributed by atoms with Gasteiger partial charge in [-0.3, -0.25) is 4.57 Å². The molecule has 3 aromatic rings. The van der Waals surface area contributed by atoms with E-state index in [1.165, 1.54) is 0 Å². The van der Waals surface area contributed by atoms with Crippen LogP contribution in [0.5, 0.6) is 0 Å². The molecule has 0 bridgehead atoms. The van der Waals surface area contributed by atoms with E-state index < -0.39 is 0 Å². The number of nitrogen functional groups attached to an aromatic ring is 1. The first kappa shape index (κ1) is 10.1. The van der Waals surface area contributed by atoms with Crippen LogP contribution in [0.25, 0.3) is 16.9 Å². The van der Waals surface area contributed by atoms with Crippen LogP contribution in [-0.4, -0.2) is 14.5 Å². The maximum Gasteiger partial charge on any atom is 0.207 e. The third-order valence-electron chi connectivity index (χ3n) is 2.53. The van der Waals surface area contributed by atoms with E-state index in [1.54, 1.807) is 10.8 Å². The molecule has 0 amide bonds. The molecule has 0 atom stereocenters. The Bertz CT molecular complexity index is 673. The number of nitrogens with two attached hydrogens (primary N) is 1. The lowest BCUT2D eigenvalue weighted by Crippen LogP contribution is -2.00. The van der Waals surface area contributed by atoms with Gasteiger partial charge in [-0.1, -0.05) is 11.6 Å². The molecule has 0 spiro atoms. The van der Waals surface area contributed by atoms with Gasteiger partial charge in [-0.05, 0) is 36.4 Å². The van der Waals surface area contributed by atoms with E-state index in [1.807, 2.05) is 36.4 Å². The molecule has 0 aliphatic heterocycles. The summed E-state index contributed by atoms with van der Waals surface area (Å²) in [6.07, 6.45) is 1.72. The number of nitrogens with zero attached hydrogens (tertiary/aromatic N) is 3. The van der Waals surface area contributed by atoms with E-state index in [-0.39, 0.29) is 0 Å². The fourth-order valence-electron chi connectivity index (χ4n) is 1.77. The molecule has 84 valence electrons. The largest absolute Gasteiger partial charge is 0.369 e. The van der Waals surface area contributed by atoms with Crippen LogP contribution in [0.4, 0.5) is 5.95 Å². The number of fused-ring (bicyclic) bond motifs is 1. The third-order valence-corrected chi connectivity index (χ3v) is 2.78. The molecular weight excluding hydrogens is 236 g/mol. The predicted molar refractivity (Wildman–Crippen MR) is 68.3 cm³/mol. The van der Waals surface area contributed by atoms with Gasteiger partial charge in [0.1, 0.15) is 5.52 Å². The van der Waals surface area contributed by atoms with Gasteiger partial charge in [0.25, 0.3) is 0 Å². The second kappa shape index (κ2) is 3.75. The molecule has 17 heavy (non-hydrogen) atoms. The van der Waals surface area contributed by atoms with E-state index in [4.69, 9.17) is 17.3 Å². The minimum atomic E-state index is 0.418. The van der Waals surface area contributed by atoms with Crippen molar-refractivity contribution in [1.29, 1.82) is 0 Å². The second-order valence-corrected chi connectivity index (χ2v) is 4.06. The number of rotatable bonds is 1. The molecule has 2 N–H and O–H groups in total. The highest BCUT2D eigenvalue weighted by Gasteiger charge is 2.09. The monoisotopic (exact) mass is 244 g/mol. The van der Waals surface area contributed by atoms with Gasteiger partial charge in [0.15, 0.2) is 5.65 Å². The Morgan fingerprint density at radius 2 is 1.88 bits per heavy atom.